The fraction of sp³-hybridized carbons (Fsp3) is 0.500. The van der Waals surface area contributed by atoms with E-state index < -0.39 is 0 Å². The highest BCUT2D eigenvalue weighted by Gasteiger charge is 2.31. The molecule has 166 valence electrons. The van der Waals surface area contributed by atoms with Crippen LogP contribution in [0.15, 0.2) is 40.7 Å². The zero-order valence-electron chi connectivity index (χ0n) is 17.9. The molecule has 1 fully saturated rings. The molecule has 0 bridgehead atoms. The number of phenols is 1. The van der Waals surface area contributed by atoms with Crippen LogP contribution < -0.4 is 15.4 Å². The van der Waals surface area contributed by atoms with Gasteiger partial charge >= 0.3 is 0 Å². The number of thiophene rings is 1. The zero-order valence-corrected chi connectivity index (χ0v) is 21.1. The molecule has 3 rings (SSSR count). The minimum Gasteiger partial charge on any atom is -0.508 e. The summed E-state index contributed by atoms with van der Waals surface area (Å²) in [7, 11) is 5.62. The number of ether oxygens (including phenoxy) is 1. The van der Waals surface area contributed by atoms with Crippen LogP contribution in [0.5, 0.6) is 11.5 Å². The largest absolute Gasteiger partial charge is 0.508 e. The standard InChI is InChI=1S/C22H32N4O2S.HI/c1-23-22(24-11-10-16-8-9-18(28-3)14-19(16)27)25-15-17-6-4-12-26(2)21(17)20-7-5-13-29-20;/h5,7-9,13-14,17,21,27H,4,6,10-12,15H2,1-3H3,(H2,23,24,25);1H. The third-order valence-electron chi connectivity index (χ3n) is 5.58. The Bertz CT molecular complexity index is 800. The van der Waals surface area contributed by atoms with Crippen LogP contribution in [0.3, 0.4) is 0 Å². The third-order valence-corrected chi connectivity index (χ3v) is 6.52. The van der Waals surface area contributed by atoms with Gasteiger partial charge in [-0.25, -0.2) is 0 Å². The Labute approximate surface area is 200 Å². The number of guanidine groups is 1. The monoisotopic (exact) mass is 544 g/mol. The van der Waals surface area contributed by atoms with E-state index in [1.807, 2.05) is 23.5 Å². The first-order chi connectivity index (χ1) is 14.1. The Morgan fingerprint density at radius 3 is 2.83 bits per heavy atom. The van der Waals surface area contributed by atoms with E-state index in [-0.39, 0.29) is 29.7 Å². The van der Waals surface area contributed by atoms with Gasteiger partial charge in [-0.05, 0) is 61.8 Å². The van der Waals surface area contributed by atoms with E-state index in [2.05, 4.69) is 45.1 Å². The molecule has 8 heteroatoms. The second kappa shape index (κ2) is 12.4. The van der Waals surface area contributed by atoms with E-state index in [0.717, 1.165) is 24.6 Å². The summed E-state index contributed by atoms with van der Waals surface area (Å²) in [5, 5.41) is 19.1. The van der Waals surface area contributed by atoms with E-state index in [1.54, 1.807) is 20.2 Å². The number of nitrogens with zero attached hydrogens (tertiary/aromatic N) is 2. The average Bonchev–Trinajstić information content (AvgIpc) is 3.25. The Morgan fingerprint density at radius 1 is 1.33 bits per heavy atom. The lowest BCUT2D eigenvalue weighted by Crippen LogP contribution is -2.45. The van der Waals surface area contributed by atoms with Gasteiger partial charge in [-0.3, -0.25) is 9.89 Å². The molecule has 2 unspecified atom stereocenters. The Hall–Kier alpha value is -1.52. The number of rotatable bonds is 7. The number of likely N-dealkylation sites (tertiary alicyclic amines) is 1. The number of benzene rings is 1. The van der Waals surface area contributed by atoms with E-state index in [9.17, 15) is 5.11 Å². The molecule has 1 aliphatic heterocycles. The van der Waals surface area contributed by atoms with Gasteiger partial charge in [0, 0.05) is 37.1 Å². The van der Waals surface area contributed by atoms with Gasteiger partial charge in [-0.15, -0.1) is 35.3 Å². The van der Waals surface area contributed by atoms with Crippen molar-refractivity contribution in [3.8, 4) is 11.5 Å². The molecule has 2 atom stereocenters. The van der Waals surface area contributed by atoms with Gasteiger partial charge in [0.2, 0.25) is 0 Å². The predicted molar refractivity (Wildman–Crippen MR) is 136 cm³/mol. The van der Waals surface area contributed by atoms with E-state index in [1.165, 1.54) is 17.7 Å². The number of nitrogens with one attached hydrogen (secondary N) is 2. The van der Waals surface area contributed by atoms with Gasteiger partial charge in [-0.2, -0.15) is 0 Å². The topological polar surface area (TPSA) is 69.1 Å². The molecule has 1 aliphatic rings. The van der Waals surface area contributed by atoms with Gasteiger partial charge in [0.1, 0.15) is 11.5 Å². The molecule has 0 aliphatic carbocycles. The summed E-state index contributed by atoms with van der Waals surface area (Å²) < 4.78 is 5.14. The summed E-state index contributed by atoms with van der Waals surface area (Å²) in [5.74, 6) is 2.28. The normalized spacial score (nSPS) is 19.8. The molecule has 0 amide bonds. The van der Waals surface area contributed by atoms with Crippen LogP contribution in [0.1, 0.15) is 29.3 Å². The Kier molecular flexibility index (Phi) is 10.2. The van der Waals surface area contributed by atoms with Crippen LogP contribution >= 0.6 is 35.3 Å². The maximum absolute atomic E-state index is 10.1. The van der Waals surface area contributed by atoms with Gasteiger partial charge < -0.3 is 20.5 Å². The third kappa shape index (κ3) is 6.49. The quantitative estimate of drug-likeness (QED) is 0.281. The summed E-state index contributed by atoms with van der Waals surface area (Å²) in [4.78, 5) is 8.28. The fourth-order valence-corrected chi connectivity index (χ4v) is 5.01. The van der Waals surface area contributed by atoms with Crippen molar-refractivity contribution < 1.29 is 9.84 Å². The number of aliphatic imine (C=N–C) groups is 1. The van der Waals surface area contributed by atoms with Crippen LogP contribution in [0.25, 0.3) is 0 Å². The van der Waals surface area contributed by atoms with Crippen molar-refractivity contribution in [1.29, 1.82) is 0 Å². The first-order valence-corrected chi connectivity index (χ1v) is 11.0. The second-order valence-corrected chi connectivity index (χ2v) is 8.45. The lowest BCUT2D eigenvalue weighted by Gasteiger charge is -2.39. The van der Waals surface area contributed by atoms with Crippen LogP contribution in [0, 0.1) is 5.92 Å². The number of halogens is 1. The number of methoxy groups -OCH3 is 1. The number of phenolic OH excluding ortho intramolecular Hbond substituents is 1. The van der Waals surface area contributed by atoms with Crippen molar-refractivity contribution in [1.82, 2.24) is 15.5 Å². The molecule has 0 radical (unpaired) electrons. The molecule has 1 saturated heterocycles. The van der Waals surface area contributed by atoms with Gasteiger partial charge in [0.05, 0.1) is 7.11 Å². The van der Waals surface area contributed by atoms with Crippen LogP contribution in [-0.2, 0) is 6.42 Å². The van der Waals surface area contributed by atoms with E-state index in [0.29, 0.717) is 30.7 Å². The molecule has 3 N–H and O–H groups in total. The summed E-state index contributed by atoms with van der Waals surface area (Å²) in [5.41, 5.74) is 0.889. The summed E-state index contributed by atoms with van der Waals surface area (Å²) in [6.45, 7) is 2.73. The van der Waals surface area contributed by atoms with Crippen molar-refractivity contribution in [3.05, 3.63) is 46.2 Å². The molecular weight excluding hydrogens is 511 g/mol. The maximum atomic E-state index is 10.1. The molecule has 30 heavy (non-hydrogen) atoms. The van der Waals surface area contributed by atoms with Crippen molar-refractivity contribution in [3.63, 3.8) is 0 Å². The van der Waals surface area contributed by atoms with Crippen molar-refractivity contribution in [2.24, 2.45) is 10.9 Å². The number of aromatic hydroxyl groups is 1. The molecule has 2 aromatic rings. The Morgan fingerprint density at radius 2 is 2.17 bits per heavy atom. The highest BCUT2D eigenvalue weighted by atomic mass is 127. The number of piperidine rings is 1. The summed E-state index contributed by atoms with van der Waals surface area (Å²) >= 11 is 1.84. The van der Waals surface area contributed by atoms with Crippen molar-refractivity contribution >= 4 is 41.3 Å². The van der Waals surface area contributed by atoms with Crippen LogP contribution in [0.4, 0.5) is 0 Å². The Balaban J connectivity index is 0.00000320. The minimum atomic E-state index is 0. The van der Waals surface area contributed by atoms with Gasteiger partial charge in [0.15, 0.2) is 5.96 Å². The van der Waals surface area contributed by atoms with Gasteiger partial charge in [-0.1, -0.05) is 12.1 Å². The summed E-state index contributed by atoms with van der Waals surface area (Å²) in [6.07, 6.45) is 3.16. The second-order valence-electron chi connectivity index (χ2n) is 7.47. The number of hydrogen-bond donors (Lipinski definition) is 3. The van der Waals surface area contributed by atoms with Crippen molar-refractivity contribution in [2.75, 3.05) is 40.8 Å². The maximum Gasteiger partial charge on any atom is 0.190 e. The molecular formula is C22H33IN4O2S. The SMILES string of the molecule is CN=C(NCCc1ccc(OC)cc1O)NCC1CCCN(C)C1c1cccs1.I. The number of hydrogen-bond acceptors (Lipinski definition) is 5. The van der Waals surface area contributed by atoms with Gasteiger partial charge in [0.25, 0.3) is 0 Å². The molecule has 6 nitrogen and oxygen atoms in total. The lowest BCUT2D eigenvalue weighted by molar-refractivity contribution is 0.125. The lowest BCUT2D eigenvalue weighted by atomic mass is 9.88. The fourth-order valence-electron chi connectivity index (χ4n) is 4.03. The average molecular weight is 545 g/mol. The van der Waals surface area contributed by atoms with Crippen LogP contribution in [-0.4, -0.2) is 56.8 Å². The minimum absolute atomic E-state index is 0. The molecule has 0 spiro atoms. The van der Waals surface area contributed by atoms with E-state index >= 15 is 0 Å². The highest BCUT2D eigenvalue weighted by Crippen LogP contribution is 2.36. The zero-order chi connectivity index (χ0) is 20.6. The highest BCUT2D eigenvalue weighted by molar-refractivity contribution is 14.0. The smallest absolute Gasteiger partial charge is 0.190 e. The van der Waals surface area contributed by atoms with E-state index in [4.69, 9.17) is 4.74 Å². The molecule has 1 aromatic heterocycles. The first kappa shape index (κ1) is 24.7. The van der Waals surface area contributed by atoms with Crippen molar-refractivity contribution in [2.45, 2.75) is 25.3 Å². The van der Waals surface area contributed by atoms with Crippen LogP contribution in [0.2, 0.25) is 0 Å². The summed E-state index contributed by atoms with van der Waals surface area (Å²) in [6, 6.07) is 10.3. The molecule has 1 aromatic carbocycles. The predicted octanol–water partition coefficient (Wildman–Crippen LogP) is 3.87. The molecule has 2 heterocycles. The first-order valence-electron chi connectivity index (χ1n) is 10.2. The molecule has 0 saturated carbocycles.